The van der Waals surface area contributed by atoms with Crippen LogP contribution in [0.1, 0.15) is 41.2 Å². The Morgan fingerprint density at radius 2 is 1.85 bits per heavy atom. The number of ether oxygens (including phenoxy) is 1. The zero-order valence-electron chi connectivity index (χ0n) is 15.3. The Labute approximate surface area is 170 Å². The van der Waals surface area contributed by atoms with Crippen molar-refractivity contribution >= 4 is 43.7 Å². The molecular weight excluding hydrogens is 464 g/mol. The zero-order valence-corrected chi connectivity index (χ0v) is 18.4. The molecule has 2 aromatic rings. The summed E-state index contributed by atoms with van der Waals surface area (Å²) in [6.45, 7) is 8.93. The van der Waals surface area contributed by atoms with E-state index in [1.54, 1.807) is 11.8 Å². The molecule has 0 aliphatic rings. The third-order valence-corrected chi connectivity index (χ3v) is 5.04. The Kier molecular flexibility index (Phi) is 7.00. The first kappa shape index (κ1) is 20.6. The van der Waals surface area contributed by atoms with Gasteiger partial charge in [-0.2, -0.15) is 0 Å². The molecule has 0 saturated heterocycles. The fourth-order valence-corrected chi connectivity index (χ4v) is 4.27. The number of aromatic nitrogens is 2. The summed E-state index contributed by atoms with van der Waals surface area (Å²) in [6.07, 6.45) is 0. The van der Waals surface area contributed by atoms with E-state index in [-0.39, 0.29) is 18.5 Å². The van der Waals surface area contributed by atoms with Crippen LogP contribution in [0.2, 0.25) is 0 Å². The van der Waals surface area contributed by atoms with Gasteiger partial charge in [-0.3, -0.25) is 4.79 Å². The number of halogens is 2. The van der Waals surface area contributed by atoms with E-state index in [9.17, 15) is 4.79 Å². The molecule has 0 spiro atoms. The van der Waals surface area contributed by atoms with Gasteiger partial charge in [0.1, 0.15) is 12.4 Å². The Bertz CT molecular complexity index is 800. The van der Waals surface area contributed by atoms with Crippen molar-refractivity contribution in [1.82, 2.24) is 14.9 Å². The summed E-state index contributed by atoms with van der Waals surface area (Å²) in [5, 5.41) is 0. The van der Waals surface area contributed by atoms with Gasteiger partial charge in [0, 0.05) is 17.6 Å². The van der Waals surface area contributed by atoms with E-state index in [4.69, 9.17) is 10.5 Å². The van der Waals surface area contributed by atoms with Crippen molar-refractivity contribution in [3.05, 3.63) is 43.6 Å². The van der Waals surface area contributed by atoms with Crippen LogP contribution in [0, 0.1) is 13.8 Å². The summed E-state index contributed by atoms with van der Waals surface area (Å²) in [7, 11) is 0. The highest BCUT2D eigenvalue weighted by atomic mass is 79.9. The van der Waals surface area contributed by atoms with Crippen molar-refractivity contribution in [2.75, 3.05) is 18.8 Å². The smallest absolute Gasteiger partial charge is 0.257 e. The number of amides is 1. The fraction of sp³-hybridized carbons (Fsp3) is 0.389. The topological polar surface area (TPSA) is 81.3 Å². The van der Waals surface area contributed by atoms with Crippen LogP contribution < -0.4 is 10.5 Å². The first-order valence-electron chi connectivity index (χ1n) is 8.29. The van der Waals surface area contributed by atoms with E-state index in [0.717, 1.165) is 14.5 Å². The predicted molar refractivity (Wildman–Crippen MR) is 109 cm³/mol. The number of rotatable bonds is 6. The van der Waals surface area contributed by atoms with Gasteiger partial charge < -0.3 is 15.4 Å². The van der Waals surface area contributed by atoms with Gasteiger partial charge in [0.05, 0.1) is 21.4 Å². The number of carbonyl (C=O) groups excluding carboxylic acids is 1. The molecule has 0 atom stereocenters. The van der Waals surface area contributed by atoms with Gasteiger partial charge in [-0.1, -0.05) is 15.9 Å². The maximum atomic E-state index is 12.9. The normalized spacial score (nSPS) is 10.7. The van der Waals surface area contributed by atoms with E-state index in [0.29, 0.717) is 35.8 Å². The lowest BCUT2D eigenvalue weighted by atomic mass is 10.1. The van der Waals surface area contributed by atoms with Gasteiger partial charge in [-0.05, 0) is 61.3 Å². The number of aryl methyl sites for hydroxylation is 2. The highest BCUT2D eigenvalue weighted by molar-refractivity contribution is 9.11. The standard InChI is InChI=1S/C18H22Br2N4O2/c1-5-24(6-2)17(25)15-11(4)22-18(21)23-14(15)9-26-16-10(3)7-12(19)8-13(16)20/h7-8H,5-6,9H2,1-4H3,(H2,21,22,23). The number of anilines is 1. The van der Waals surface area contributed by atoms with Gasteiger partial charge in [-0.25, -0.2) is 9.97 Å². The number of carbonyl (C=O) groups is 1. The molecule has 0 aliphatic carbocycles. The van der Waals surface area contributed by atoms with E-state index in [1.807, 2.05) is 32.9 Å². The predicted octanol–water partition coefficient (Wildman–Crippen LogP) is 4.26. The first-order valence-corrected chi connectivity index (χ1v) is 9.87. The lowest BCUT2D eigenvalue weighted by molar-refractivity contribution is 0.0768. The van der Waals surface area contributed by atoms with Crippen LogP contribution in [0.25, 0.3) is 0 Å². The minimum Gasteiger partial charge on any atom is -0.486 e. The molecule has 0 radical (unpaired) electrons. The van der Waals surface area contributed by atoms with E-state index >= 15 is 0 Å². The summed E-state index contributed by atoms with van der Waals surface area (Å²) in [4.78, 5) is 23.0. The average molecular weight is 486 g/mol. The first-order chi connectivity index (χ1) is 12.3. The third-order valence-electron chi connectivity index (χ3n) is 3.99. The Hall–Kier alpha value is -1.67. The average Bonchev–Trinajstić information content (AvgIpc) is 2.54. The summed E-state index contributed by atoms with van der Waals surface area (Å²) in [5.74, 6) is 0.714. The molecule has 2 rings (SSSR count). The van der Waals surface area contributed by atoms with Crippen LogP contribution in [0.5, 0.6) is 5.75 Å². The second-order valence-corrected chi connectivity index (χ2v) is 7.56. The number of hydrogen-bond donors (Lipinski definition) is 1. The van der Waals surface area contributed by atoms with Crippen LogP contribution in [0.4, 0.5) is 5.95 Å². The highest BCUT2D eigenvalue weighted by Crippen LogP contribution is 2.33. The molecule has 8 heteroatoms. The molecule has 1 aromatic heterocycles. The second-order valence-electron chi connectivity index (χ2n) is 5.79. The number of nitrogens with two attached hydrogens (primary N) is 1. The Balaban J connectivity index is 2.39. The summed E-state index contributed by atoms with van der Waals surface area (Å²) in [6, 6.07) is 3.87. The molecule has 6 nitrogen and oxygen atoms in total. The van der Waals surface area contributed by atoms with Crippen molar-refractivity contribution in [3.63, 3.8) is 0 Å². The minimum absolute atomic E-state index is 0.113. The van der Waals surface area contributed by atoms with Gasteiger partial charge >= 0.3 is 0 Å². The summed E-state index contributed by atoms with van der Waals surface area (Å²) >= 11 is 6.96. The maximum Gasteiger partial charge on any atom is 0.257 e. The van der Waals surface area contributed by atoms with Crippen molar-refractivity contribution in [2.45, 2.75) is 34.3 Å². The SMILES string of the molecule is CCN(CC)C(=O)c1c(C)nc(N)nc1COc1c(C)cc(Br)cc1Br. The fourth-order valence-electron chi connectivity index (χ4n) is 2.72. The molecule has 0 unspecified atom stereocenters. The van der Waals surface area contributed by atoms with Crippen LogP contribution in [-0.4, -0.2) is 33.9 Å². The van der Waals surface area contributed by atoms with Crippen LogP contribution in [0.15, 0.2) is 21.1 Å². The van der Waals surface area contributed by atoms with Crippen molar-refractivity contribution in [3.8, 4) is 5.75 Å². The van der Waals surface area contributed by atoms with E-state index < -0.39 is 0 Å². The van der Waals surface area contributed by atoms with Crippen LogP contribution in [0.3, 0.4) is 0 Å². The minimum atomic E-state index is -0.113. The van der Waals surface area contributed by atoms with Crippen molar-refractivity contribution < 1.29 is 9.53 Å². The Morgan fingerprint density at radius 3 is 2.42 bits per heavy atom. The molecule has 1 heterocycles. The van der Waals surface area contributed by atoms with E-state index in [1.165, 1.54) is 0 Å². The van der Waals surface area contributed by atoms with Crippen LogP contribution >= 0.6 is 31.9 Å². The van der Waals surface area contributed by atoms with Crippen molar-refractivity contribution in [2.24, 2.45) is 0 Å². The zero-order chi connectivity index (χ0) is 19.4. The molecule has 1 amide bonds. The number of nitrogen functional groups attached to an aromatic ring is 1. The molecule has 140 valence electrons. The van der Waals surface area contributed by atoms with Gasteiger partial charge in [0.2, 0.25) is 5.95 Å². The second kappa shape index (κ2) is 8.81. The Morgan fingerprint density at radius 1 is 1.19 bits per heavy atom. The highest BCUT2D eigenvalue weighted by Gasteiger charge is 2.22. The molecule has 0 saturated carbocycles. The van der Waals surface area contributed by atoms with Crippen LogP contribution in [-0.2, 0) is 6.61 Å². The quantitative estimate of drug-likeness (QED) is 0.660. The number of nitrogens with zero attached hydrogens (tertiary/aromatic N) is 3. The molecule has 1 aromatic carbocycles. The monoisotopic (exact) mass is 484 g/mol. The third kappa shape index (κ3) is 4.54. The lowest BCUT2D eigenvalue weighted by Gasteiger charge is -2.21. The number of hydrogen-bond acceptors (Lipinski definition) is 5. The molecule has 0 bridgehead atoms. The van der Waals surface area contributed by atoms with Gasteiger partial charge in [-0.15, -0.1) is 0 Å². The molecule has 2 N–H and O–H groups in total. The van der Waals surface area contributed by atoms with E-state index in [2.05, 4.69) is 41.8 Å². The maximum absolute atomic E-state index is 12.9. The molecular formula is C18H22Br2N4O2. The van der Waals surface area contributed by atoms with Gasteiger partial charge in [0.15, 0.2) is 0 Å². The molecule has 0 aliphatic heterocycles. The summed E-state index contributed by atoms with van der Waals surface area (Å²) < 4.78 is 7.74. The van der Waals surface area contributed by atoms with Gasteiger partial charge in [0.25, 0.3) is 5.91 Å². The molecule has 0 fully saturated rings. The largest absolute Gasteiger partial charge is 0.486 e. The number of benzene rings is 1. The molecule has 26 heavy (non-hydrogen) atoms. The van der Waals surface area contributed by atoms with Crippen molar-refractivity contribution in [1.29, 1.82) is 0 Å². The lowest BCUT2D eigenvalue weighted by Crippen LogP contribution is -2.32. The summed E-state index contributed by atoms with van der Waals surface area (Å²) in [5.41, 5.74) is 8.25.